The summed E-state index contributed by atoms with van der Waals surface area (Å²) in [7, 11) is 0. The van der Waals surface area contributed by atoms with Crippen LogP contribution in [0.25, 0.3) is 11.3 Å². The van der Waals surface area contributed by atoms with Crippen LogP contribution in [0.3, 0.4) is 0 Å². The molecule has 2 aliphatic heterocycles. The van der Waals surface area contributed by atoms with Crippen LogP contribution in [0.15, 0.2) is 41.3 Å². The van der Waals surface area contributed by atoms with Gasteiger partial charge in [0.15, 0.2) is 5.82 Å². The maximum atomic E-state index is 12.8. The van der Waals surface area contributed by atoms with Crippen LogP contribution in [0, 0.1) is 0 Å². The van der Waals surface area contributed by atoms with Crippen LogP contribution in [0.1, 0.15) is 19.3 Å². The molecule has 1 aromatic heterocycles. The number of aromatic nitrogens is 2. The third-order valence-electron chi connectivity index (χ3n) is 7.33. The fraction of sp³-hybridized carbons (Fsp3) is 0.560. The van der Waals surface area contributed by atoms with E-state index < -0.39 is 0 Å². The van der Waals surface area contributed by atoms with E-state index in [2.05, 4.69) is 72.5 Å². The molecule has 1 aliphatic carbocycles. The van der Waals surface area contributed by atoms with Gasteiger partial charge in [0, 0.05) is 68.9 Å². The smallest absolute Gasteiger partial charge is 0.236 e. The van der Waals surface area contributed by atoms with E-state index in [0.717, 1.165) is 75.5 Å². The van der Waals surface area contributed by atoms with Crippen molar-refractivity contribution in [1.82, 2.24) is 24.9 Å². The number of thioether (sulfide) groups is 1. The van der Waals surface area contributed by atoms with Crippen LogP contribution in [0.4, 0.5) is 5.82 Å². The van der Waals surface area contributed by atoms with Crippen molar-refractivity contribution in [1.29, 1.82) is 0 Å². The summed E-state index contributed by atoms with van der Waals surface area (Å²) in [6.45, 7) is 7.90. The molecule has 0 N–H and O–H groups in total. The Morgan fingerprint density at radius 2 is 1.76 bits per heavy atom. The average molecular weight is 467 g/mol. The standard InChI is InChI=1S/C25H34N6OS/c1-33-22-7-2-4-20(18-22)23-8-9-24(27-26-23)30-12-10-28(11-13-30)19-25(32)31-16-14-29(15-17-31)21-5-3-6-21/h2,4,7-9,18,21H,3,5-6,10-17,19H2,1H3. The number of carbonyl (C=O) groups excluding carboxylic acids is 1. The summed E-state index contributed by atoms with van der Waals surface area (Å²) in [5.41, 5.74) is 1.99. The minimum absolute atomic E-state index is 0.285. The summed E-state index contributed by atoms with van der Waals surface area (Å²) in [5, 5.41) is 8.98. The second-order valence-corrected chi connectivity index (χ2v) is 10.2. The van der Waals surface area contributed by atoms with E-state index in [4.69, 9.17) is 0 Å². The van der Waals surface area contributed by atoms with Gasteiger partial charge in [-0.25, -0.2) is 0 Å². The molecule has 3 fully saturated rings. The van der Waals surface area contributed by atoms with Gasteiger partial charge in [-0.05, 0) is 43.4 Å². The first-order valence-electron chi connectivity index (χ1n) is 12.2. The van der Waals surface area contributed by atoms with Crippen molar-refractivity contribution in [2.45, 2.75) is 30.2 Å². The van der Waals surface area contributed by atoms with Crippen molar-refractivity contribution in [3.63, 3.8) is 0 Å². The summed E-state index contributed by atoms with van der Waals surface area (Å²) in [6.07, 6.45) is 6.14. The number of carbonyl (C=O) groups is 1. The summed E-state index contributed by atoms with van der Waals surface area (Å²) in [4.78, 5) is 23.3. The summed E-state index contributed by atoms with van der Waals surface area (Å²) in [6, 6.07) is 13.3. The van der Waals surface area contributed by atoms with Crippen LogP contribution in [-0.4, -0.2) is 102 Å². The molecule has 2 saturated heterocycles. The number of hydrogen-bond donors (Lipinski definition) is 0. The highest BCUT2D eigenvalue weighted by Gasteiger charge is 2.30. The highest BCUT2D eigenvalue weighted by atomic mass is 32.2. The fourth-order valence-electron chi connectivity index (χ4n) is 4.94. The van der Waals surface area contributed by atoms with E-state index in [0.29, 0.717) is 6.54 Å². The molecule has 0 unspecified atom stereocenters. The summed E-state index contributed by atoms with van der Waals surface area (Å²) < 4.78 is 0. The minimum Gasteiger partial charge on any atom is -0.353 e. The lowest BCUT2D eigenvalue weighted by Crippen LogP contribution is -2.56. The molecule has 0 spiro atoms. The Morgan fingerprint density at radius 1 is 0.970 bits per heavy atom. The van der Waals surface area contributed by atoms with Crippen LogP contribution in [-0.2, 0) is 4.79 Å². The third-order valence-corrected chi connectivity index (χ3v) is 8.05. The Hall–Kier alpha value is -2.16. The Morgan fingerprint density at radius 3 is 2.39 bits per heavy atom. The molecule has 176 valence electrons. The van der Waals surface area contributed by atoms with Crippen molar-refractivity contribution in [2.24, 2.45) is 0 Å². The molecule has 0 bridgehead atoms. The summed E-state index contributed by atoms with van der Waals surface area (Å²) in [5.74, 6) is 1.20. The molecule has 0 atom stereocenters. The van der Waals surface area contributed by atoms with Crippen molar-refractivity contribution in [3.05, 3.63) is 36.4 Å². The molecule has 1 aromatic carbocycles. The molecule has 5 rings (SSSR count). The monoisotopic (exact) mass is 466 g/mol. The zero-order valence-electron chi connectivity index (χ0n) is 19.5. The van der Waals surface area contributed by atoms with Gasteiger partial charge in [-0.15, -0.1) is 22.0 Å². The minimum atomic E-state index is 0.285. The van der Waals surface area contributed by atoms with E-state index in [-0.39, 0.29) is 5.91 Å². The van der Waals surface area contributed by atoms with Gasteiger partial charge >= 0.3 is 0 Å². The van der Waals surface area contributed by atoms with Gasteiger partial charge in [0.1, 0.15) is 0 Å². The van der Waals surface area contributed by atoms with E-state index in [1.165, 1.54) is 24.2 Å². The van der Waals surface area contributed by atoms with E-state index in [1.807, 2.05) is 0 Å². The van der Waals surface area contributed by atoms with Crippen molar-refractivity contribution in [2.75, 3.05) is 70.1 Å². The molecule has 0 radical (unpaired) electrons. The molecular weight excluding hydrogens is 432 g/mol. The van der Waals surface area contributed by atoms with E-state index >= 15 is 0 Å². The van der Waals surface area contributed by atoms with Crippen LogP contribution in [0.5, 0.6) is 0 Å². The average Bonchev–Trinajstić information content (AvgIpc) is 2.84. The zero-order chi connectivity index (χ0) is 22.6. The van der Waals surface area contributed by atoms with Gasteiger partial charge in [-0.1, -0.05) is 18.6 Å². The van der Waals surface area contributed by atoms with Gasteiger partial charge in [0.25, 0.3) is 0 Å². The first kappa shape index (κ1) is 22.6. The molecule has 1 saturated carbocycles. The number of amides is 1. The Kier molecular flexibility index (Phi) is 7.13. The second-order valence-electron chi connectivity index (χ2n) is 9.27. The highest BCUT2D eigenvalue weighted by molar-refractivity contribution is 7.98. The van der Waals surface area contributed by atoms with Crippen LogP contribution in [0.2, 0.25) is 0 Å². The Bertz CT molecular complexity index is 934. The molecule has 33 heavy (non-hydrogen) atoms. The van der Waals surface area contributed by atoms with Crippen LogP contribution < -0.4 is 4.90 Å². The fourth-order valence-corrected chi connectivity index (χ4v) is 5.40. The number of benzene rings is 1. The highest BCUT2D eigenvalue weighted by Crippen LogP contribution is 2.26. The maximum absolute atomic E-state index is 12.8. The normalized spacial score (nSPS) is 20.6. The van der Waals surface area contributed by atoms with Crippen molar-refractivity contribution in [3.8, 4) is 11.3 Å². The number of hydrogen-bond acceptors (Lipinski definition) is 7. The quantitative estimate of drug-likeness (QED) is 0.607. The zero-order valence-corrected chi connectivity index (χ0v) is 20.3. The molecular formula is C25H34N6OS. The van der Waals surface area contributed by atoms with Crippen LogP contribution >= 0.6 is 11.8 Å². The van der Waals surface area contributed by atoms with Gasteiger partial charge in [0.05, 0.1) is 12.2 Å². The second kappa shape index (κ2) is 10.4. The van der Waals surface area contributed by atoms with Gasteiger partial charge < -0.3 is 9.80 Å². The SMILES string of the molecule is CSc1cccc(-c2ccc(N3CCN(CC(=O)N4CCN(C5CCC5)CC4)CC3)nn2)c1. The van der Waals surface area contributed by atoms with E-state index in [1.54, 1.807) is 11.8 Å². The van der Waals surface area contributed by atoms with E-state index in [9.17, 15) is 4.79 Å². The van der Waals surface area contributed by atoms with Crippen molar-refractivity contribution >= 4 is 23.5 Å². The number of nitrogens with zero attached hydrogens (tertiary/aromatic N) is 6. The van der Waals surface area contributed by atoms with Gasteiger partial charge in [0.2, 0.25) is 5.91 Å². The third kappa shape index (κ3) is 5.34. The van der Waals surface area contributed by atoms with Crippen molar-refractivity contribution < 1.29 is 4.79 Å². The number of rotatable bonds is 6. The molecule has 2 aromatic rings. The topological polar surface area (TPSA) is 55.8 Å². The summed E-state index contributed by atoms with van der Waals surface area (Å²) >= 11 is 1.73. The Labute approximate surface area is 201 Å². The largest absolute Gasteiger partial charge is 0.353 e. The predicted molar refractivity (Wildman–Crippen MR) is 134 cm³/mol. The molecule has 3 heterocycles. The first-order valence-corrected chi connectivity index (χ1v) is 13.4. The van der Waals surface area contributed by atoms with Gasteiger partial charge in [-0.3, -0.25) is 14.6 Å². The lowest BCUT2D eigenvalue weighted by atomic mass is 9.91. The maximum Gasteiger partial charge on any atom is 0.236 e. The molecule has 7 nitrogen and oxygen atoms in total. The number of anilines is 1. The molecule has 1 amide bonds. The molecule has 8 heteroatoms. The lowest BCUT2D eigenvalue weighted by Gasteiger charge is -2.43. The first-order chi connectivity index (χ1) is 16.2. The lowest BCUT2D eigenvalue weighted by molar-refractivity contribution is -0.134. The van der Waals surface area contributed by atoms with Gasteiger partial charge in [-0.2, -0.15) is 0 Å². The molecule has 3 aliphatic rings. The number of piperazine rings is 2. The predicted octanol–water partition coefficient (Wildman–Crippen LogP) is 2.68. The Balaban J connectivity index is 1.09.